The second kappa shape index (κ2) is 11.5. The van der Waals surface area contributed by atoms with E-state index in [0.29, 0.717) is 12.5 Å². The van der Waals surface area contributed by atoms with Gasteiger partial charge in [-0.25, -0.2) is 9.98 Å². The number of pyridine rings is 1. The fourth-order valence-electron chi connectivity index (χ4n) is 4.34. The van der Waals surface area contributed by atoms with Gasteiger partial charge in [0.1, 0.15) is 23.0 Å². The first-order chi connectivity index (χ1) is 16.9. The van der Waals surface area contributed by atoms with Gasteiger partial charge in [0.2, 0.25) is 5.88 Å². The van der Waals surface area contributed by atoms with Gasteiger partial charge in [-0.15, -0.1) is 0 Å². The summed E-state index contributed by atoms with van der Waals surface area (Å²) in [4.78, 5) is 13.3. The first-order valence-electron chi connectivity index (χ1n) is 12.3. The molecular weight excluding hydrogens is 438 g/mol. The molecule has 0 unspecified atom stereocenters. The molecule has 3 heterocycles. The van der Waals surface area contributed by atoms with Crippen molar-refractivity contribution < 1.29 is 9.47 Å². The van der Waals surface area contributed by atoms with Crippen molar-refractivity contribution in [2.45, 2.75) is 32.3 Å². The van der Waals surface area contributed by atoms with Crippen LogP contribution in [-0.4, -0.2) is 79.4 Å². The molecule has 0 saturated carbocycles. The SMILES string of the molecule is C=N/C(=C\C=C(/C)c1ccc2nc3cccc(OC4CCN(C)CC4)c3n2c1)OCCCN(C)C. The summed E-state index contributed by atoms with van der Waals surface area (Å²) in [6, 6.07) is 10.3. The Morgan fingerprint density at radius 3 is 2.74 bits per heavy atom. The van der Waals surface area contributed by atoms with Crippen LogP contribution in [0.1, 0.15) is 31.7 Å². The molecule has 7 heteroatoms. The molecule has 0 radical (unpaired) electrons. The highest BCUT2D eigenvalue weighted by Gasteiger charge is 2.20. The maximum atomic E-state index is 6.49. The molecule has 3 aromatic rings. The van der Waals surface area contributed by atoms with Crippen LogP contribution < -0.4 is 4.74 Å². The molecule has 4 rings (SSSR count). The van der Waals surface area contributed by atoms with Crippen LogP contribution in [-0.2, 0) is 4.74 Å². The van der Waals surface area contributed by atoms with Gasteiger partial charge in [-0.05, 0) is 89.4 Å². The zero-order valence-corrected chi connectivity index (χ0v) is 21.4. The van der Waals surface area contributed by atoms with Gasteiger partial charge in [0, 0.05) is 31.9 Å². The summed E-state index contributed by atoms with van der Waals surface area (Å²) < 4.78 is 14.4. The molecule has 35 heavy (non-hydrogen) atoms. The van der Waals surface area contributed by atoms with Crippen LogP contribution in [0.15, 0.2) is 59.6 Å². The third-order valence-corrected chi connectivity index (χ3v) is 6.43. The molecule has 0 aliphatic carbocycles. The largest absolute Gasteiger partial charge is 0.488 e. The number of fused-ring (bicyclic) bond motifs is 3. The van der Waals surface area contributed by atoms with Crippen molar-refractivity contribution >= 4 is 29.0 Å². The first kappa shape index (κ1) is 24.9. The van der Waals surface area contributed by atoms with E-state index in [1.54, 1.807) is 0 Å². The molecule has 0 N–H and O–H groups in total. The number of aliphatic imine (C=N–C) groups is 1. The van der Waals surface area contributed by atoms with E-state index in [9.17, 15) is 0 Å². The summed E-state index contributed by atoms with van der Waals surface area (Å²) >= 11 is 0. The molecule has 2 aromatic heterocycles. The predicted octanol–water partition coefficient (Wildman–Crippen LogP) is 4.87. The minimum Gasteiger partial charge on any atom is -0.488 e. The number of para-hydroxylation sites is 1. The molecule has 1 aliphatic rings. The van der Waals surface area contributed by atoms with E-state index in [2.05, 4.69) is 78.4 Å². The smallest absolute Gasteiger partial charge is 0.212 e. The van der Waals surface area contributed by atoms with Crippen LogP contribution in [0.3, 0.4) is 0 Å². The Bertz CT molecular complexity index is 1220. The van der Waals surface area contributed by atoms with Crippen LogP contribution >= 0.6 is 0 Å². The van der Waals surface area contributed by atoms with Crippen molar-refractivity contribution in [1.29, 1.82) is 0 Å². The Hall–Kier alpha value is -3.16. The van der Waals surface area contributed by atoms with E-state index in [4.69, 9.17) is 14.5 Å². The molecule has 1 fully saturated rings. The van der Waals surface area contributed by atoms with E-state index in [-0.39, 0.29) is 6.10 Å². The quantitative estimate of drug-likeness (QED) is 0.181. The number of allylic oxidation sites excluding steroid dienone is 3. The molecule has 186 valence electrons. The molecule has 7 nitrogen and oxygen atoms in total. The van der Waals surface area contributed by atoms with Gasteiger partial charge in [-0.2, -0.15) is 0 Å². The van der Waals surface area contributed by atoms with Crippen LogP contribution in [0, 0.1) is 0 Å². The van der Waals surface area contributed by atoms with E-state index >= 15 is 0 Å². The van der Waals surface area contributed by atoms with Crippen molar-refractivity contribution in [3.63, 3.8) is 0 Å². The Morgan fingerprint density at radius 2 is 2.00 bits per heavy atom. The van der Waals surface area contributed by atoms with Crippen molar-refractivity contribution in [3.8, 4) is 5.75 Å². The lowest BCUT2D eigenvalue weighted by molar-refractivity contribution is 0.115. The highest BCUT2D eigenvalue weighted by Crippen LogP contribution is 2.30. The van der Waals surface area contributed by atoms with Gasteiger partial charge >= 0.3 is 0 Å². The third-order valence-electron chi connectivity index (χ3n) is 6.43. The van der Waals surface area contributed by atoms with Crippen LogP contribution in [0.25, 0.3) is 22.3 Å². The minimum atomic E-state index is 0.236. The lowest BCUT2D eigenvalue weighted by atomic mass is 10.1. The Kier molecular flexibility index (Phi) is 8.21. The van der Waals surface area contributed by atoms with E-state index in [1.165, 1.54) is 0 Å². The molecule has 0 atom stereocenters. The molecule has 1 aromatic carbocycles. The number of ether oxygens (including phenoxy) is 2. The first-order valence-corrected chi connectivity index (χ1v) is 12.3. The summed E-state index contributed by atoms with van der Waals surface area (Å²) in [7, 11) is 6.27. The maximum absolute atomic E-state index is 6.49. The van der Waals surface area contributed by atoms with Crippen molar-refractivity contribution in [3.05, 3.63) is 60.1 Å². The van der Waals surface area contributed by atoms with Crippen molar-refractivity contribution in [1.82, 2.24) is 19.2 Å². The number of nitrogens with zero attached hydrogens (tertiary/aromatic N) is 5. The lowest BCUT2D eigenvalue weighted by Crippen LogP contribution is -2.35. The second-order valence-electron chi connectivity index (χ2n) is 9.52. The second-order valence-corrected chi connectivity index (χ2v) is 9.52. The standard InChI is InChI=1S/C28H37N5O2/c1-21(10-13-27(29-2)34-19-7-16-31(3)4)22-11-12-26-30-24-8-6-9-25(28(24)33(26)20-22)35-23-14-17-32(5)18-15-23/h6,8-13,20,23H,2,7,14-19H2,1,3-5H3/b21-10+,27-13+. The molecule has 0 bridgehead atoms. The average molecular weight is 476 g/mol. The number of rotatable bonds is 10. The van der Waals surface area contributed by atoms with E-state index < -0.39 is 0 Å². The summed E-state index contributed by atoms with van der Waals surface area (Å²) in [6.07, 6.45) is 9.29. The maximum Gasteiger partial charge on any atom is 0.212 e. The number of imidazole rings is 1. The van der Waals surface area contributed by atoms with Gasteiger partial charge in [0.25, 0.3) is 0 Å². The monoisotopic (exact) mass is 475 g/mol. The molecule has 1 saturated heterocycles. The Balaban J connectivity index is 1.57. The van der Waals surface area contributed by atoms with Crippen molar-refractivity contribution in [2.75, 3.05) is 47.4 Å². The molecule has 0 amide bonds. The fraction of sp³-hybridized carbons (Fsp3) is 0.429. The van der Waals surface area contributed by atoms with Gasteiger partial charge in [-0.1, -0.05) is 12.1 Å². The topological polar surface area (TPSA) is 54.6 Å². The van der Waals surface area contributed by atoms with E-state index in [0.717, 1.165) is 72.5 Å². The number of hydrogen-bond acceptors (Lipinski definition) is 6. The fourth-order valence-corrected chi connectivity index (χ4v) is 4.34. The Labute approximate surface area is 208 Å². The number of aromatic nitrogens is 2. The van der Waals surface area contributed by atoms with E-state index in [1.807, 2.05) is 24.3 Å². The molecule has 0 spiro atoms. The predicted molar refractivity (Wildman–Crippen MR) is 144 cm³/mol. The number of likely N-dealkylation sites (tertiary alicyclic amines) is 1. The highest BCUT2D eigenvalue weighted by molar-refractivity contribution is 5.86. The van der Waals surface area contributed by atoms with Gasteiger partial charge < -0.3 is 19.3 Å². The zero-order valence-electron chi connectivity index (χ0n) is 21.4. The normalized spacial score (nSPS) is 16.4. The number of benzene rings is 1. The summed E-state index contributed by atoms with van der Waals surface area (Å²) in [5.74, 6) is 1.43. The summed E-state index contributed by atoms with van der Waals surface area (Å²) in [6.45, 7) is 9.45. The Morgan fingerprint density at radius 1 is 1.20 bits per heavy atom. The van der Waals surface area contributed by atoms with Gasteiger partial charge in [-0.3, -0.25) is 4.40 Å². The van der Waals surface area contributed by atoms with Crippen LogP contribution in [0.5, 0.6) is 5.75 Å². The highest BCUT2D eigenvalue weighted by atomic mass is 16.5. The zero-order chi connectivity index (χ0) is 24.8. The average Bonchev–Trinajstić information content (AvgIpc) is 3.23. The number of hydrogen-bond donors (Lipinski definition) is 0. The molecular formula is C28H37N5O2. The van der Waals surface area contributed by atoms with Gasteiger partial charge in [0.05, 0.1) is 12.1 Å². The van der Waals surface area contributed by atoms with Gasteiger partial charge in [0.15, 0.2) is 0 Å². The van der Waals surface area contributed by atoms with Crippen LogP contribution in [0.2, 0.25) is 0 Å². The number of piperidine rings is 1. The molecule has 1 aliphatic heterocycles. The third kappa shape index (κ3) is 6.29. The summed E-state index contributed by atoms with van der Waals surface area (Å²) in [5.41, 5.74) is 5.06. The summed E-state index contributed by atoms with van der Waals surface area (Å²) in [5, 5.41) is 0. The lowest BCUT2D eigenvalue weighted by Gasteiger charge is -2.29. The van der Waals surface area contributed by atoms with Crippen LogP contribution in [0.4, 0.5) is 0 Å². The van der Waals surface area contributed by atoms with Crippen molar-refractivity contribution in [2.24, 2.45) is 4.99 Å². The minimum absolute atomic E-state index is 0.236.